The number of hydrogen-bond donors (Lipinski definition) is 1. The summed E-state index contributed by atoms with van der Waals surface area (Å²) in [4.78, 5) is 26.8. The number of aromatic nitrogens is 1. The SMILES string of the molecule is CCn1cc(C(=O)N[C@@H]2CCCC[C@@H]2C)c(=O)c2cc(S(=O)(=O)N3CCc4ccccc4C3)ccc21. The molecule has 1 aliphatic heterocycles. The number of nitrogens with one attached hydrogen (secondary N) is 1. The van der Waals surface area contributed by atoms with Gasteiger partial charge in [0.25, 0.3) is 5.91 Å². The first-order valence-corrected chi connectivity index (χ1v) is 14.3. The highest BCUT2D eigenvalue weighted by molar-refractivity contribution is 7.89. The molecule has 3 aromatic rings. The van der Waals surface area contributed by atoms with Gasteiger partial charge in [-0.05, 0) is 61.4 Å². The number of carbonyl (C=O) groups is 1. The number of carbonyl (C=O) groups excluding carboxylic acids is 1. The van der Waals surface area contributed by atoms with Gasteiger partial charge in [-0.1, -0.05) is 44.0 Å². The summed E-state index contributed by atoms with van der Waals surface area (Å²) in [7, 11) is -3.81. The molecule has 5 rings (SSSR count). The van der Waals surface area contributed by atoms with Crippen LogP contribution in [0.3, 0.4) is 0 Å². The van der Waals surface area contributed by atoms with Crippen molar-refractivity contribution < 1.29 is 13.2 Å². The van der Waals surface area contributed by atoms with Gasteiger partial charge >= 0.3 is 0 Å². The molecular formula is C28H33N3O4S. The summed E-state index contributed by atoms with van der Waals surface area (Å²) < 4.78 is 30.4. The average molecular weight is 508 g/mol. The molecule has 1 amide bonds. The third-order valence-corrected chi connectivity index (χ3v) is 9.64. The van der Waals surface area contributed by atoms with E-state index in [4.69, 9.17) is 0 Å². The molecule has 2 aliphatic rings. The van der Waals surface area contributed by atoms with E-state index in [-0.39, 0.29) is 27.8 Å². The Balaban J connectivity index is 1.51. The minimum absolute atomic E-state index is 0.0464. The maximum atomic E-state index is 13.6. The molecule has 7 nitrogen and oxygen atoms in total. The molecule has 0 radical (unpaired) electrons. The molecule has 8 heteroatoms. The quantitative estimate of drug-likeness (QED) is 0.564. The topological polar surface area (TPSA) is 88.5 Å². The third-order valence-electron chi connectivity index (χ3n) is 7.80. The Morgan fingerprint density at radius 3 is 2.58 bits per heavy atom. The number of pyridine rings is 1. The largest absolute Gasteiger partial charge is 0.349 e. The van der Waals surface area contributed by atoms with E-state index < -0.39 is 15.5 Å². The fraction of sp³-hybridized carbons (Fsp3) is 0.429. The number of hydrogen-bond acceptors (Lipinski definition) is 4. The standard InChI is InChI=1S/C28H33N3O4S/c1-3-30-18-24(28(33)29-25-11-7-4-8-19(25)2)27(32)23-16-22(12-13-26(23)30)36(34,35)31-15-14-20-9-5-6-10-21(20)17-31/h5-6,9-10,12-13,16,18-19,25H,3-4,7-8,11,14-15,17H2,1-2H3,(H,29,33)/t19-,25+/m0/s1. The number of aryl methyl sites for hydroxylation is 1. The second-order valence-electron chi connectivity index (χ2n) is 10.0. The van der Waals surface area contributed by atoms with Gasteiger partial charge in [0.1, 0.15) is 5.56 Å². The van der Waals surface area contributed by atoms with Gasteiger partial charge < -0.3 is 9.88 Å². The van der Waals surface area contributed by atoms with Crippen LogP contribution in [0, 0.1) is 5.92 Å². The highest BCUT2D eigenvalue weighted by Gasteiger charge is 2.29. The average Bonchev–Trinajstić information content (AvgIpc) is 2.89. The molecule has 1 aromatic heterocycles. The number of nitrogens with zero attached hydrogens (tertiary/aromatic N) is 2. The minimum Gasteiger partial charge on any atom is -0.349 e. The van der Waals surface area contributed by atoms with Crippen molar-refractivity contribution in [1.29, 1.82) is 0 Å². The molecule has 0 unspecified atom stereocenters. The first-order chi connectivity index (χ1) is 17.3. The van der Waals surface area contributed by atoms with Gasteiger partial charge in [-0.25, -0.2) is 8.42 Å². The zero-order valence-corrected chi connectivity index (χ0v) is 21.7. The van der Waals surface area contributed by atoms with Crippen LogP contribution >= 0.6 is 0 Å². The van der Waals surface area contributed by atoms with E-state index in [0.29, 0.717) is 37.5 Å². The number of amides is 1. The van der Waals surface area contributed by atoms with Gasteiger partial charge in [0.15, 0.2) is 0 Å². The fourth-order valence-electron chi connectivity index (χ4n) is 5.56. The molecule has 1 saturated carbocycles. The zero-order chi connectivity index (χ0) is 25.4. The molecule has 0 spiro atoms. The van der Waals surface area contributed by atoms with E-state index in [1.807, 2.05) is 35.8 Å². The molecule has 2 aromatic carbocycles. The maximum Gasteiger partial charge on any atom is 0.256 e. The van der Waals surface area contributed by atoms with Gasteiger partial charge in [-0.3, -0.25) is 9.59 Å². The maximum absolute atomic E-state index is 13.6. The van der Waals surface area contributed by atoms with Crippen LogP contribution in [0.2, 0.25) is 0 Å². The number of rotatable bonds is 5. The van der Waals surface area contributed by atoms with Crippen molar-refractivity contribution in [2.75, 3.05) is 6.54 Å². The summed E-state index contributed by atoms with van der Waals surface area (Å²) in [6.45, 7) is 5.30. The molecule has 190 valence electrons. The van der Waals surface area contributed by atoms with E-state index in [9.17, 15) is 18.0 Å². The van der Waals surface area contributed by atoms with Crippen molar-refractivity contribution in [3.8, 4) is 0 Å². The van der Waals surface area contributed by atoms with Gasteiger partial charge in [0.05, 0.1) is 10.4 Å². The van der Waals surface area contributed by atoms with Crippen molar-refractivity contribution in [3.05, 3.63) is 75.6 Å². The molecule has 1 N–H and O–H groups in total. The highest BCUT2D eigenvalue weighted by atomic mass is 32.2. The van der Waals surface area contributed by atoms with Crippen LogP contribution < -0.4 is 10.7 Å². The summed E-state index contributed by atoms with van der Waals surface area (Å²) in [6.07, 6.45) is 6.44. The lowest BCUT2D eigenvalue weighted by atomic mass is 9.86. The molecule has 1 aliphatic carbocycles. The zero-order valence-electron chi connectivity index (χ0n) is 20.9. The van der Waals surface area contributed by atoms with Crippen LogP contribution in [-0.4, -0.2) is 35.8 Å². The van der Waals surface area contributed by atoms with Gasteiger partial charge in [-0.2, -0.15) is 4.31 Å². The van der Waals surface area contributed by atoms with Crippen molar-refractivity contribution in [1.82, 2.24) is 14.2 Å². The first kappa shape index (κ1) is 24.7. The van der Waals surface area contributed by atoms with Crippen molar-refractivity contribution in [3.63, 3.8) is 0 Å². The van der Waals surface area contributed by atoms with Crippen molar-refractivity contribution in [2.24, 2.45) is 5.92 Å². The normalized spacial score (nSPS) is 20.7. The Kier molecular flexibility index (Phi) is 6.74. The summed E-state index contributed by atoms with van der Waals surface area (Å²) >= 11 is 0. The lowest BCUT2D eigenvalue weighted by Crippen LogP contribution is -2.42. The van der Waals surface area contributed by atoms with Crippen LogP contribution in [0.15, 0.2) is 58.4 Å². The predicted molar refractivity (Wildman–Crippen MR) is 141 cm³/mol. The van der Waals surface area contributed by atoms with Gasteiger partial charge in [-0.15, -0.1) is 0 Å². The first-order valence-electron chi connectivity index (χ1n) is 12.8. The van der Waals surface area contributed by atoms with Crippen LogP contribution in [0.5, 0.6) is 0 Å². The third kappa shape index (κ3) is 4.48. The summed E-state index contributed by atoms with van der Waals surface area (Å²) in [6, 6.07) is 12.6. The number of sulfonamides is 1. The minimum atomic E-state index is -3.81. The van der Waals surface area contributed by atoms with E-state index >= 15 is 0 Å². The van der Waals surface area contributed by atoms with E-state index in [2.05, 4.69) is 12.2 Å². The Hall–Kier alpha value is -2.97. The Labute approximate surface area is 212 Å². The van der Waals surface area contributed by atoms with Gasteiger partial charge in [0, 0.05) is 37.3 Å². The van der Waals surface area contributed by atoms with Crippen LogP contribution in [0.4, 0.5) is 0 Å². The molecule has 0 bridgehead atoms. The lowest BCUT2D eigenvalue weighted by molar-refractivity contribution is 0.0908. The predicted octanol–water partition coefficient (Wildman–Crippen LogP) is 4.08. The van der Waals surface area contributed by atoms with Crippen molar-refractivity contribution in [2.45, 2.75) is 70.0 Å². The summed E-state index contributed by atoms with van der Waals surface area (Å²) in [5.74, 6) is -0.0216. The van der Waals surface area contributed by atoms with E-state index in [1.165, 1.54) is 10.4 Å². The number of benzene rings is 2. The molecule has 36 heavy (non-hydrogen) atoms. The fourth-order valence-corrected chi connectivity index (χ4v) is 7.01. The molecule has 2 heterocycles. The van der Waals surface area contributed by atoms with E-state index in [0.717, 1.165) is 36.8 Å². The lowest BCUT2D eigenvalue weighted by Gasteiger charge is -2.29. The smallest absolute Gasteiger partial charge is 0.256 e. The molecule has 2 atom stereocenters. The number of fused-ring (bicyclic) bond motifs is 2. The van der Waals surface area contributed by atoms with Crippen LogP contribution in [-0.2, 0) is 29.5 Å². The Morgan fingerprint density at radius 1 is 1.08 bits per heavy atom. The molecule has 0 saturated heterocycles. The monoisotopic (exact) mass is 507 g/mol. The second-order valence-corrected chi connectivity index (χ2v) is 12.0. The molecular weight excluding hydrogens is 474 g/mol. The Bertz CT molecular complexity index is 1480. The summed E-state index contributed by atoms with van der Waals surface area (Å²) in [5, 5.41) is 3.32. The van der Waals surface area contributed by atoms with Crippen molar-refractivity contribution >= 4 is 26.8 Å². The Morgan fingerprint density at radius 2 is 1.83 bits per heavy atom. The van der Waals surface area contributed by atoms with Crippen LogP contribution in [0.25, 0.3) is 10.9 Å². The van der Waals surface area contributed by atoms with Crippen LogP contribution in [0.1, 0.15) is 61.0 Å². The second kappa shape index (κ2) is 9.82. The van der Waals surface area contributed by atoms with E-state index in [1.54, 1.807) is 18.3 Å². The highest BCUT2D eigenvalue weighted by Crippen LogP contribution is 2.27. The van der Waals surface area contributed by atoms with Gasteiger partial charge in [0.2, 0.25) is 15.5 Å². The summed E-state index contributed by atoms with van der Waals surface area (Å²) in [5.41, 5.74) is 2.40. The molecule has 1 fully saturated rings.